The smallest absolute Gasteiger partial charge is 0.193 e. The standard InChI is InChI=1S/C18H36N4/c1-15(2)13-21-9-5-6-17(14-21)12-20-18(19-4)22-10-7-16(3)8-11-22/h15-17H,5-14H2,1-4H3,(H,19,20). The van der Waals surface area contributed by atoms with E-state index in [1.807, 2.05) is 7.05 Å². The minimum atomic E-state index is 0.771. The molecular weight excluding hydrogens is 272 g/mol. The van der Waals surface area contributed by atoms with Gasteiger partial charge in [-0.2, -0.15) is 0 Å². The van der Waals surface area contributed by atoms with Crippen LogP contribution in [0.2, 0.25) is 0 Å². The van der Waals surface area contributed by atoms with Crippen LogP contribution in [0, 0.1) is 17.8 Å². The lowest BCUT2D eigenvalue weighted by molar-refractivity contribution is 0.158. The van der Waals surface area contributed by atoms with Gasteiger partial charge in [-0.3, -0.25) is 4.99 Å². The molecule has 0 aliphatic carbocycles. The normalized spacial score (nSPS) is 25.8. The van der Waals surface area contributed by atoms with Gasteiger partial charge >= 0.3 is 0 Å². The summed E-state index contributed by atoms with van der Waals surface area (Å²) < 4.78 is 0. The maximum Gasteiger partial charge on any atom is 0.193 e. The molecule has 2 heterocycles. The Kier molecular flexibility index (Phi) is 7.00. The third kappa shape index (κ3) is 5.45. The molecule has 4 heteroatoms. The number of likely N-dealkylation sites (tertiary alicyclic amines) is 2. The van der Waals surface area contributed by atoms with E-state index in [0.29, 0.717) is 0 Å². The minimum Gasteiger partial charge on any atom is -0.356 e. The van der Waals surface area contributed by atoms with E-state index in [1.54, 1.807) is 0 Å². The number of guanidine groups is 1. The number of hydrogen-bond acceptors (Lipinski definition) is 2. The minimum absolute atomic E-state index is 0.771. The van der Waals surface area contributed by atoms with Crippen molar-refractivity contribution in [2.24, 2.45) is 22.7 Å². The molecule has 1 N–H and O–H groups in total. The highest BCUT2D eigenvalue weighted by Gasteiger charge is 2.22. The molecule has 22 heavy (non-hydrogen) atoms. The second-order valence-electron chi connectivity index (χ2n) is 7.76. The first-order chi connectivity index (χ1) is 10.6. The molecule has 128 valence electrons. The first-order valence-electron chi connectivity index (χ1n) is 9.26. The monoisotopic (exact) mass is 308 g/mol. The zero-order valence-corrected chi connectivity index (χ0v) is 15.1. The molecule has 0 bridgehead atoms. The van der Waals surface area contributed by atoms with Crippen LogP contribution >= 0.6 is 0 Å². The lowest BCUT2D eigenvalue weighted by atomic mass is 9.97. The molecule has 0 aromatic rings. The summed E-state index contributed by atoms with van der Waals surface area (Å²) in [6, 6.07) is 0. The van der Waals surface area contributed by atoms with E-state index in [2.05, 4.69) is 40.9 Å². The Labute approximate surface area is 137 Å². The summed E-state index contributed by atoms with van der Waals surface area (Å²) in [7, 11) is 1.92. The van der Waals surface area contributed by atoms with E-state index in [-0.39, 0.29) is 0 Å². The Balaban J connectivity index is 1.75. The first-order valence-corrected chi connectivity index (χ1v) is 9.26. The molecule has 2 fully saturated rings. The van der Waals surface area contributed by atoms with Crippen molar-refractivity contribution in [3.8, 4) is 0 Å². The fraction of sp³-hybridized carbons (Fsp3) is 0.944. The fourth-order valence-corrected chi connectivity index (χ4v) is 3.79. The molecule has 0 aromatic carbocycles. The van der Waals surface area contributed by atoms with Gasteiger partial charge in [0.05, 0.1) is 0 Å². The van der Waals surface area contributed by atoms with Crippen LogP contribution in [0.3, 0.4) is 0 Å². The summed E-state index contributed by atoms with van der Waals surface area (Å²) in [6.45, 7) is 14.2. The summed E-state index contributed by atoms with van der Waals surface area (Å²) in [5.74, 6) is 3.54. The SMILES string of the molecule is CN=C(NCC1CCCN(CC(C)C)C1)N1CCC(C)CC1. The van der Waals surface area contributed by atoms with Crippen molar-refractivity contribution in [1.29, 1.82) is 0 Å². The van der Waals surface area contributed by atoms with Crippen LogP contribution in [0.4, 0.5) is 0 Å². The molecule has 1 unspecified atom stereocenters. The van der Waals surface area contributed by atoms with Gasteiger partial charge in [0.25, 0.3) is 0 Å². The van der Waals surface area contributed by atoms with Crippen LogP contribution in [0.5, 0.6) is 0 Å². The third-order valence-corrected chi connectivity index (χ3v) is 5.07. The third-order valence-electron chi connectivity index (χ3n) is 5.07. The average Bonchev–Trinajstić information content (AvgIpc) is 2.49. The summed E-state index contributed by atoms with van der Waals surface area (Å²) in [4.78, 5) is 9.59. The van der Waals surface area contributed by atoms with Crippen LogP contribution in [0.1, 0.15) is 46.5 Å². The predicted molar refractivity (Wildman–Crippen MR) is 95.3 cm³/mol. The van der Waals surface area contributed by atoms with Crippen molar-refractivity contribution in [2.75, 3.05) is 46.3 Å². The number of hydrogen-bond donors (Lipinski definition) is 1. The Bertz CT molecular complexity index is 345. The number of aliphatic imine (C=N–C) groups is 1. The summed E-state index contributed by atoms with van der Waals surface area (Å²) in [5.41, 5.74) is 0. The van der Waals surface area contributed by atoms with Gasteiger partial charge in [0.15, 0.2) is 5.96 Å². The largest absolute Gasteiger partial charge is 0.356 e. The van der Waals surface area contributed by atoms with Crippen molar-refractivity contribution in [2.45, 2.75) is 46.5 Å². The van der Waals surface area contributed by atoms with Gasteiger partial charge in [0.2, 0.25) is 0 Å². The molecule has 0 aromatic heterocycles. The molecule has 2 aliphatic heterocycles. The maximum atomic E-state index is 4.51. The second-order valence-corrected chi connectivity index (χ2v) is 7.76. The number of nitrogens with zero attached hydrogens (tertiary/aromatic N) is 3. The first kappa shape index (κ1) is 17.6. The Morgan fingerprint density at radius 3 is 2.55 bits per heavy atom. The number of rotatable bonds is 4. The fourth-order valence-electron chi connectivity index (χ4n) is 3.79. The quantitative estimate of drug-likeness (QED) is 0.640. The summed E-state index contributed by atoms with van der Waals surface area (Å²) in [6.07, 6.45) is 5.30. The molecule has 2 saturated heterocycles. The molecule has 2 aliphatic rings. The topological polar surface area (TPSA) is 30.9 Å². The highest BCUT2D eigenvalue weighted by molar-refractivity contribution is 5.79. The molecule has 4 nitrogen and oxygen atoms in total. The second kappa shape index (κ2) is 8.76. The van der Waals surface area contributed by atoms with Gasteiger partial charge in [-0.1, -0.05) is 20.8 Å². The lowest BCUT2D eigenvalue weighted by Crippen LogP contribution is -2.48. The highest BCUT2D eigenvalue weighted by Crippen LogP contribution is 2.18. The molecule has 0 saturated carbocycles. The van der Waals surface area contributed by atoms with Crippen molar-refractivity contribution in [1.82, 2.24) is 15.1 Å². The van der Waals surface area contributed by atoms with Crippen molar-refractivity contribution in [3.63, 3.8) is 0 Å². The van der Waals surface area contributed by atoms with E-state index in [4.69, 9.17) is 0 Å². The van der Waals surface area contributed by atoms with Gasteiger partial charge in [0, 0.05) is 39.8 Å². The van der Waals surface area contributed by atoms with Crippen LogP contribution < -0.4 is 5.32 Å². The molecule has 1 atom stereocenters. The number of piperidine rings is 2. The van der Waals surface area contributed by atoms with Gasteiger partial charge < -0.3 is 15.1 Å². The van der Waals surface area contributed by atoms with Gasteiger partial charge in [0.1, 0.15) is 0 Å². The Hall–Kier alpha value is -0.770. The van der Waals surface area contributed by atoms with Crippen LogP contribution in [0.25, 0.3) is 0 Å². The average molecular weight is 309 g/mol. The lowest BCUT2D eigenvalue weighted by Gasteiger charge is -2.36. The van der Waals surface area contributed by atoms with Gasteiger partial charge in [-0.15, -0.1) is 0 Å². The summed E-state index contributed by atoms with van der Waals surface area (Å²) >= 11 is 0. The van der Waals surface area contributed by atoms with Crippen molar-refractivity contribution in [3.05, 3.63) is 0 Å². The van der Waals surface area contributed by atoms with E-state index in [0.717, 1.165) is 43.3 Å². The Morgan fingerprint density at radius 2 is 1.91 bits per heavy atom. The van der Waals surface area contributed by atoms with E-state index < -0.39 is 0 Å². The van der Waals surface area contributed by atoms with E-state index >= 15 is 0 Å². The number of nitrogens with one attached hydrogen (secondary N) is 1. The molecule has 0 spiro atoms. The zero-order chi connectivity index (χ0) is 15.9. The molecule has 0 radical (unpaired) electrons. The molecule has 0 amide bonds. The van der Waals surface area contributed by atoms with Crippen LogP contribution in [-0.2, 0) is 0 Å². The van der Waals surface area contributed by atoms with Crippen molar-refractivity contribution < 1.29 is 0 Å². The zero-order valence-electron chi connectivity index (χ0n) is 15.1. The molecular formula is C18H36N4. The van der Waals surface area contributed by atoms with Crippen LogP contribution in [-0.4, -0.2) is 62.1 Å². The summed E-state index contributed by atoms with van der Waals surface area (Å²) in [5, 5.41) is 3.65. The van der Waals surface area contributed by atoms with Gasteiger partial charge in [-0.25, -0.2) is 0 Å². The van der Waals surface area contributed by atoms with E-state index in [9.17, 15) is 0 Å². The van der Waals surface area contributed by atoms with Crippen LogP contribution in [0.15, 0.2) is 4.99 Å². The maximum absolute atomic E-state index is 4.51. The highest BCUT2D eigenvalue weighted by atomic mass is 15.3. The van der Waals surface area contributed by atoms with Gasteiger partial charge in [-0.05, 0) is 50.0 Å². The predicted octanol–water partition coefficient (Wildman–Crippen LogP) is 2.66. The Morgan fingerprint density at radius 1 is 1.18 bits per heavy atom. The van der Waals surface area contributed by atoms with Crippen molar-refractivity contribution >= 4 is 5.96 Å². The van der Waals surface area contributed by atoms with E-state index in [1.165, 1.54) is 45.3 Å². The molecule has 2 rings (SSSR count).